The zero-order valence-corrected chi connectivity index (χ0v) is 18.6. The molecule has 2 aromatic carbocycles. The van der Waals surface area contributed by atoms with Gasteiger partial charge in [0.15, 0.2) is 5.65 Å². The fraction of sp³-hybridized carbons (Fsp3) is 0.280. The Labute approximate surface area is 187 Å². The van der Waals surface area contributed by atoms with E-state index in [0.717, 1.165) is 46.8 Å². The zero-order valence-electron chi connectivity index (χ0n) is 18.6. The molecule has 32 heavy (non-hydrogen) atoms. The van der Waals surface area contributed by atoms with Crippen molar-refractivity contribution in [3.05, 3.63) is 77.2 Å². The van der Waals surface area contributed by atoms with Gasteiger partial charge in [-0.2, -0.15) is 5.10 Å². The molecule has 4 aromatic rings. The predicted octanol–water partition coefficient (Wildman–Crippen LogP) is 3.70. The van der Waals surface area contributed by atoms with Crippen LogP contribution in [0.15, 0.2) is 54.7 Å². The molecule has 0 radical (unpaired) electrons. The van der Waals surface area contributed by atoms with Crippen LogP contribution in [0.4, 0.5) is 5.82 Å². The number of hydrogen-bond acceptors (Lipinski definition) is 5. The summed E-state index contributed by atoms with van der Waals surface area (Å²) < 4.78 is 1.87. The molecule has 162 valence electrons. The first-order valence-electron chi connectivity index (χ1n) is 10.9. The molecular formula is C25H26N6O. The minimum atomic E-state index is 0.0841. The summed E-state index contributed by atoms with van der Waals surface area (Å²) in [5.41, 5.74) is 4.87. The maximum Gasteiger partial charge on any atom is 0.253 e. The average molecular weight is 427 g/mol. The minimum absolute atomic E-state index is 0.0841. The molecule has 7 heteroatoms. The number of hydrogen-bond donors (Lipinski definition) is 0. The second kappa shape index (κ2) is 8.07. The standard InChI is InChI=1S/C25H26N6O/c1-17-4-8-20(9-5-17)25(32)30-14-12-29(13-15-30)23-22-16-26-31(24(22)28-19(3)27-23)21-10-6-18(2)7-11-21/h4-11,16H,12-15H2,1-3H3. The predicted molar refractivity (Wildman–Crippen MR) is 125 cm³/mol. The molecule has 0 atom stereocenters. The molecule has 0 unspecified atom stereocenters. The van der Waals surface area contributed by atoms with Gasteiger partial charge in [0.05, 0.1) is 17.3 Å². The SMILES string of the molecule is Cc1ccc(C(=O)N2CCN(c3nc(C)nc4c3cnn4-c3ccc(C)cc3)CC2)cc1. The fourth-order valence-electron chi connectivity index (χ4n) is 4.12. The van der Waals surface area contributed by atoms with Crippen molar-refractivity contribution >= 4 is 22.8 Å². The number of rotatable bonds is 3. The van der Waals surface area contributed by atoms with E-state index in [9.17, 15) is 4.79 Å². The van der Waals surface area contributed by atoms with E-state index in [1.54, 1.807) is 0 Å². The van der Waals surface area contributed by atoms with E-state index >= 15 is 0 Å². The Morgan fingerprint density at radius 1 is 0.812 bits per heavy atom. The average Bonchev–Trinajstić information content (AvgIpc) is 3.23. The molecule has 5 rings (SSSR count). The zero-order chi connectivity index (χ0) is 22.2. The van der Waals surface area contributed by atoms with Gasteiger partial charge in [-0.15, -0.1) is 0 Å². The largest absolute Gasteiger partial charge is 0.352 e. The summed E-state index contributed by atoms with van der Waals surface area (Å²) in [6.45, 7) is 8.76. The Morgan fingerprint density at radius 2 is 1.44 bits per heavy atom. The highest BCUT2D eigenvalue weighted by Crippen LogP contribution is 2.27. The van der Waals surface area contributed by atoms with Crippen LogP contribution in [0.5, 0.6) is 0 Å². The van der Waals surface area contributed by atoms with Crippen molar-refractivity contribution in [2.24, 2.45) is 0 Å². The van der Waals surface area contributed by atoms with Gasteiger partial charge >= 0.3 is 0 Å². The second-order valence-electron chi connectivity index (χ2n) is 8.37. The number of aromatic nitrogens is 4. The summed E-state index contributed by atoms with van der Waals surface area (Å²) in [7, 11) is 0. The van der Waals surface area contributed by atoms with Crippen LogP contribution in [0.25, 0.3) is 16.7 Å². The number of benzene rings is 2. The van der Waals surface area contributed by atoms with Crippen molar-refractivity contribution in [2.45, 2.75) is 20.8 Å². The van der Waals surface area contributed by atoms with Gasteiger partial charge in [0.1, 0.15) is 11.6 Å². The van der Waals surface area contributed by atoms with Gasteiger partial charge in [-0.25, -0.2) is 14.6 Å². The highest BCUT2D eigenvalue weighted by Gasteiger charge is 2.25. The van der Waals surface area contributed by atoms with Crippen molar-refractivity contribution < 1.29 is 4.79 Å². The number of carbonyl (C=O) groups is 1. The summed E-state index contributed by atoms with van der Waals surface area (Å²) in [6, 6.07) is 16.0. The molecule has 3 heterocycles. The van der Waals surface area contributed by atoms with Crippen LogP contribution in [-0.4, -0.2) is 56.7 Å². The molecular weight excluding hydrogens is 400 g/mol. The Bertz CT molecular complexity index is 1270. The highest BCUT2D eigenvalue weighted by molar-refractivity contribution is 5.94. The molecule has 1 aliphatic rings. The molecule has 0 spiro atoms. The number of carbonyl (C=O) groups excluding carboxylic acids is 1. The number of anilines is 1. The monoisotopic (exact) mass is 426 g/mol. The normalized spacial score (nSPS) is 14.2. The van der Waals surface area contributed by atoms with Crippen molar-refractivity contribution in [3.63, 3.8) is 0 Å². The van der Waals surface area contributed by atoms with Crippen LogP contribution in [0.2, 0.25) is 0 Å². The van der Waals surface area contributed by atoms with Gasteiger partial charge in [-0.05, 0) is 45.0 Å². The fourth-order valence-corrected chi connectivity index (χ4v) is 4.12. The third-order valence-electron chi connectivity index (χ3n) is 5.96. The van der Waals surface area contributed by atoms with Crippen molar-refractivity contribution in [1.82, 2.24) is 24.6 Å². The third kappa shape index (κ3) is 3.70. The molecule has 0 bridgehead atoms. The molecule has 0 aliphatic carbocycles. The summed E-state index contributed by atoms with van der Waals surface area (Å²) in [4.78, 5) is 26.4. The topological polar surface area (TPSA) is 67.2 Å². The van der Waals surface area contributed by atoms with E-state index in [-0.39, 0.29) is 5.91 Å². The quantitative estimate of drug-likeness (QED) is 0.500. The van der Waals surface area contributed by atoms with E-state index in [4.69, 9.17) is 4.98 Å². The van der Waals surface area contributed by atoms with Crippen LogP contribution < -0.4 is 4.90 Å². The first-order valence-corrected chi connectivity index (χ1v) is 10.9. The summed E-state index contributed by atoms with van der Waals surface area (Å²) in [6.07, 6.45) is 1.84. The molecule has 2 aromatic heterocycles. The summed E-state index contributed by atoms with van der Waals surface area (Å²) in [5, 5.41) is 5.53. The van der Waals surface area contributed by atoms with Crippen LogP contribution in [-0.2, 0) is 0 Å². The molecule has 1 saturated heterocycles. The summed E-state index contributed by atoms with van der Waals surface area (Å²) in [5.74, 6) is 1.67. The number of nitrogens with zero attached hydrogens (tertiary/aromatic N) is 6. The Hall–Kier alpha value is -3.74. The molecule has 1 aliphatic heterocycles. The van der Waals surface area contributed by atoms with Gasteiger partial charge in [0, 0.05) is 31.7 Å². The lowest BCUT2D eigenvalue weighted by atomic mass is 10.1. The minimum Gasteiger partial charge on any atom is -0.352 e. The van der Waals surface area contributed by atoms with Crippen molar-refractivity contribution in [3.8, 4) is 5.69 Å². The van der Waals surface area contributed by atoms with Gasteiger partial charge in [0.25, 0.3) is 5.91 Å². The lowest BCUT2D eigenvalue weighted by molar-refractivity contribution is 0.0746. The van der Waals surface area contributed by atoms with Crippen molar-refractivity contribution in [1.29, 1.82) is 0 Å². The van der Waals surface area contributed by atoms with Crippen LogP contribution in [0.1, 0.15) is 27.3 Å². The first-order chi connectivity index (χ1) is 15.5. The number of amides is 1. The van der Waals surface area contributed by atoms with Crippen LogP contribution in [0.3, 0.4) is 0 Å². The lowest BCUT2D eigenvalue weighted by Crippen LogP contribution is -2.49. The van der Waals surface area contributed by atoms with E-state index in [1.165, 1.54) is 5.56 Å². The van der Waals surface area contributed by atoms with Gasteiger partial charge < -0.3 is 9.80 Å². The van der Waals surface area contributed by atoms with Crippen LogP contribution >= 0.6 is 0 Å². The van der Waals surface area contributed by atoms with Crippen molar-refractivity contribution in [2.75, 3.05) is 31.1 Å². The highest BCUT2D eigenvalue weighted by atomic mass is 16.2. The van der Waals surface area contributed by atoms with Gasteiger partial charge in [-0.3, -0.25) is 4.79 Å². The Balaban J connectivity index is 1.39. The third-order valence-corrected chi connectivity index (χ3v) is 5.96. The number of fused-ring (bicyclic) bond motifs is 1. The van der Waals surface area contributed by atoms with E-state index in [1.807, 2.05) is 66.0 Å². The summed E-state index contributed by atoms with van der Waals surface area (Å²) >= 11 is 0. The molecule has 1 fully saturated rings. The smallest absolute Gasteiger partial charge is 0.253 e. The van der Waals surface area contributed by atoms with Crippen LogP contribution in [0, 0.1) is 20.8 Å². The molecule has 0 N–H and O–H groups in total. The van der Waals surface area contributed by atoms with Gasteiger partial charge in [0.2, 0.25) is 0 Å². The molecule has 7 nitrogen and oxygen atoms in total. The Kier molecular flexibility index (Phi) is 5.09. The second-order valence-corrected chi connectivity index (χ2v) is 8.37. The first kappa shape index (κ1) is 20.2. The molecule has 1 amide bonds. The number of piperazine rings is 1. The van der Waals surface area contributed by atoms with E-state index in [0.29, 0.717) is 18.9 Å². The number of aryl methyl sites for hydroxylation is 3. The maximum absolute atomic E-state index is 12.9. The Morgan fingerprint density at radius 3 is 2.09 bits per heavy atom. The lowest BCUT2D eigenvalue weighted by Gasteiger charge is -2.35. The maximum atomic E-state index is 12.9. The molecule has 0 saturated carbocycles. The van der Waals surface area contributed by atoms with Gasteiger partial charge in [-0.1, -0.05) is 35.4 Å². The van der Waals surface area contributed by atoms with E-state index < -0.39 is 0 Å². The van der Waals surface area contributed by atoms with E-state index in [2.05, 4.69) is 34.0 Å².